The van der Waals surface area contributed by atoms with Gasteiger partial charge in [0.2, 0.25) is 15.9 Å². The molecule has 1 aromatic rings. The minimum absolute atomic E-state index is 0.122. The second kappa shape index (κ2) is 6.72. The van der Waals surface area contributed by atoms with Gasteiger partial charge in [0.15, 0.2) is 0 Å². The van der Waals surface area contributed by atoms with E-state index in [1.165, 1.54) is 6.42 Å². The minimum atomic E-state index is -3.46. The number of anilines is 1. The van der Waals surface area contributed by atoms with Crippen molar-refractivity contribution in [2.75, 3.05) is 18.0 Å². The van der Waals surface area contributed by atoms with Crippen molar-refractivity contribution in [1.29, 1.82) is 0 Å². The Morgan fingerprint density at radius 3 is 2.32 bits per heavy atom. The number of carbonyl (C=O) groups is 1. The highest BCUT2D eigenvalue weighted by molar-refractivity contribution is 7.89. The Labute approximate surface area is 150 Å². The Hall–Kier alpha value is -1.40. The number of carbonyl (C=O) groups excluding carboxylic acids is 1. The van der Waals surface area contributed by atoms with Crippen LogP contribution in [0.25, 0.3) is 0 Å². The van der Waals surface area contributed by atoms with Gasteiger partial charge in [-0.3, -0.25) is 4.79 Å². The van der Waals surface area contributed by atoms with Crippen molar-refractivity contribution in [3.63, 3.8) is 0 Å². The largest absolute Gasteiger partial charge is 0.312 e. The number of nitrogens with zero attached hydrogens (tertiary/aromatic N) is 2. The van der Waals surface area contributed by atoms with E-state index in [9.17, 15) is 13.2 Å². The molecule has 1 amide bonds. The van der Waals surface area contributed by atoms with E-state index in [0.717, 1.165) is 50.8 Å². The Kier molecular flexibility index (Phi) is 4.58. The molecule has 3 fully saturated rings. The van der Waals surface area contributed by atoms with Crippen LogP contribution in [0.4, 0.5) is 5.69 Å². The third kappa shape index (κ3) is 3.10. The van der Waals surface area contributed by atoms with Gasteiger partial charge in [0.05, 0.1) is 4.90 Å². The first-order valence-corrected chi connectivity index (χ1v) is 10.9. The molecule has 5 nitrogen and oxygen atoms in total. The Morgan fingerprint density at radius 1 is 0.880 bits per heavy atom. The molecule has 3 aliphatic rings. The van der Waals surface area contributed by atoms with Crippen LogP contribution in [0.15, 0.2) is 29.2 Å². The molecule has 2 aliphatic heterocycles. The zero-order chi connectivity index (χ0) is 17.4. The van der Waals surface area contributed by atoms with Gasteiger partial charge in [-0.1, -0.05) is 12.8 Å². The van der Waals surface area contributed by atoms with Crippen LogP contribution in [0.5, 0.6) is 0 Å². The summed E-state index contributed by atoms with van der Waals surface area (Å²) in [4.78, 5) is 14.0. The van der Waals surface area contributed by atoms with Crippen molar-refractivity contribution in [2.24, 2.45) is 5.92 Å². The predicted molar refractivity (Wildman–Crippen MR) is 96.9 cm³/mol. The van der Waals surface area contributed by atoms with Gasteiger partial charge >= 0.3 is 0 Å². The molecule has 2 heterocycles. The van der Waals surface area contributed by atoms with Crippen molar-refractivity contribution in [1.82, 2.24) is 4.31 Å². The Balaban J connectivity index is 1.58. The average Bonchev–Trinajstić information content (AvgIpc) is 3.07. The lowest BCUT2D eigenvalue weighted by Gasteiger charge is -2.43. The molecule has 0 spiro atoms. The molecule has 1 aromatic carbocycles. The van der Waals surface area contributed by atoms with Crippen molar-refractivity contribution in [3.05, 3.63) is 24.3 Å². The number of piperidine rings is 1. The summed E-state index contributed by atoms with van der Waals surface area (Å²) in [6.07, 6.45) is 8.08. The standard InChI is InChI=1S/C19H26N2O3S/c22-19-8-4-13-20(19)16-9-11-17(12-10-16)25(23,24)21-14-3-6-15-5-1-2-7-18(15)21/h9-12,15,18H,1-8,13-14H2/t15-,18-/m0/s1. The lowest BCUT2D eigenvalue weighted by atomic mass is 9.79. The van der Waals surface area contributed by atoms with E-state index in [1.807, 2.05) is 0 Å². The van der Waals surface area contributed by atoms with E-state index in [-0.39, 0.29) is 11.9 Å². The summed E-state index contributed by atoms with van der Waals surface area (Å²) in [5, 5.41) is 0. The van der Waals surface area contributed by atoms with Crippen LogP contribution >= 0.6 is 0 Å². The molecule has 2 saturated heterocycles. The van der Waals surface area contributed by atoms with Crippen LogP contribution in [-0.2, 0) is 14.8 Å². The summed E-state index contributed by atoms with van der Waals surface area (Å²) in [5.41, 5.74) is 0.802. The SMILES string of the molecule is O=C1CCCN1c1ccc(S(=O)(=O)N2CCC[C@@H]3CCCC[C@@H]32)cc1. The van der Waals surface area contributed by atoms with Crippen molar-refractivity contribution >= 4 is 21.6 Å². The van der Waals surface area contributed by atoms with Crippen LogP contribution < -0.4 is 4.90 Å². The first kappa shape index (κ1) is 17.0. The average molecular weight is 362 g/mol. The number of amides is 1. The summed E-state index contributed by atoms with van der Waals surface area (Å²) in [5.74, 6) is 0.649. The zero-order valence-electron chi connectivity index (χ0n) is 14.6. The summed E-state index contributed by atoms with van der Waals surface area (Å²) in [6.45, 7) is 1.36. The van der Waals surface area contributed by atoms with Gasteiger partial charge in [0.1, 0.15) is 0 Å². The summed E-state index contributed by atoms with van der Waals surface area (Å²) >= 11 is 0. The lowest BCUT2D eigenvalue weighted by Crippen LogP contribution is -2.49. The van der Waals surface area contributed by atoms with Gasteiger partial charge in [0.25, 0.3) is 0 Å². The van der Waals surface area contributed by atoms with Crippen LogP contribution in [0, 0.1) is 5.92 Å². The second-order valence-corrected chi connectivity index (χ2v) is 9.40. The van der Waals surface area contributed by atoms with Gasteiger partial charge < -0.3 is 4.90 Å². The zero-order valence-corrected chi connectivity index (χ0v) is 15.4. The molecule has 0 aromatic heterocycles. The smallest absolute Gasteiger partial charge is 0.243 e. The molecule has 25 heavy (non-hydrogen) atoms. The summed E-state index contributed by atoms with van der Waals surface area (Å²) in [7, 11) is -3.46. The van der Waals surface area contributed by atoms with E-state index in [0.29, 0.717) is 23.8 Å². The maximum Gasteiger partial charge on any atom is 0.243 e. The molecule has 4 rings (SSSR count). The summed E-state index contributed by atoms with van der Waals surface area (Å²) < 4.78 is 28.1. The van der Waals surface area contributed by atoms with Crippen molar-refractivity contribution in [2.45, 2.75) is 62.3 Å². The Morgan fingerprint density at radius 2 is 1.60 bits per heavy atom. The molecule has 0 bridgehead atoms. The third-order valence-corrected chi connectivity index (χ3v) is 7.96. The summed E-state index contributed by atoms with van der Waals surface area (Å²) in [6, 6.07) is 7.06. The van der Waals surface area contributed by atoms with Gasteiger partial charge in [-0.2, -0.15) is 4.31 Å². The minimum Gasteiger partial charge on any atom is -0.312 e. The maximum atomic E-state index is 13.2. The van der Waals surface area contributed by atoms with E-state index >= 15 is 0 Å². The number of hydrogen-bond acceptors (Lipinski definition) is 3. The fourth-order valence-corrected chi connectivity index (χ4v) is 6.49. The lowest BCUT2D eigenvalue weighted by molar-refractivity contribution is -0.117. The van der Waals surface area contributed by atoms with Gasteiger partial charge in [-0.25, -0.2) is 8.42 Å². The molecule has 1 saturated carbocycles. The monoisotopic (exact) mass is 362 g/mol. The number of hydrogen-bond donors (Lipinski definition) is 0. The van der Waals surface area contributed by atoms with Gasteiger partial charge in [0, 0.05) is 31.2 Å². The Bertz CT molecular complexity index is 742. The third-order valence-electron chi connectivity index (χ3n) is 6.02. The molecule has 0 unspecified atom stereocenters. The molecule has 6 heteroatoms. The maximum absolute atomic E-state index is 13.2. The van der Waals surface area contributed by atoms with Crippen molar-refractivity contribution < 1.29 is 13.2 Å². The van der Waals surface area contributed by atoms with Crippen LogP contribution in [0.3, 0.4) is 0 Å². The molecule has 0 N–H and O–H groups in total. The van der Waals surface area contributed by atoms with E-state index in [2.05, 4.69) is 0 Å². The highest BCUT2D eigenvalue weighted by Gasteiger charge is 2.39. The van der Waals surface area contributed by atoms with Crippen LogP contribution in [0.2, 0.25) is 0 Å². The molecule has 136 valence electrons. The quantitative estimate of drug-likeness (QED) is 0.830. The van der Waals surface area contributed by atoms with Crippen molar-refractivity contribution in [3.8, 4) is 0 Å². The fraction of sp³-hybridized carbons (Fsp3) is 0.632. The molecular formula is C19H26N2O3S. The molecular weight excluding hydrogens is 336 g/mol. The molecule has 2 atom stereocenters. The molecule has 0 radical (unpaired) electrons. The van der Waals surface area contributed by atoms with Gasteiger partial charge in [-0.05, 0) is 62.3 Å². The fourth-order valence-electron chi connectivity index (χ4n) is 4.73. The van der Waals surface area contributed by atoms with Gasteiger partial charge in [-0.15, -0.1) is 0 Å². The van der Waals surface area contributed by atoms with Crippen LogP contribution in [0.1, 0.15) is 51.4 Å². The topological polar surface area (TPSA) is 57.7 Å². The second-order valence-electron chi connectivity index (χ2n) is 7.51. The first-order chi connectivity index (χ1) is 12.1. The van der Waals surface area contributed by atoms with E-state index < -0.39 is 10.0 Å². The number of sulfonamides is 1. The van der Waals surface area contributed by atoms with Crippen LogP contribution in [-0.4, -0.2) is 37.8 Å². The predicted octanol–water partition coefficient (Wildman–Crippen LogP) is 3.16. The number of benzene rings is 1. The van der Waals surface area contributed by atoms with E-state index in [4.69, 9.17) is 0 Å². The molecule has 1 aliphatic carbocycles. The number of rotatable bonds is 3. The highest BCUT2D eigenvalue weighted by atomic mass is 32.2. The van der Waals surface area contributed by atoms with E-state index in [1.54, 1.807) is 33.5 Å². The first-order valence-electron chi connectivity index (χ1n) is 9.50. The highest BCUT2D eigenvalue weighted by Crippen LogP contribution is 2.38. The number of fused-ring (bicyclic) bond motifs is 1. The normalized spacial score (nSPS) is 28.2.